The second kappa shape index (κ2) is 4.32. The van der Waals surface area contributed by atoms with Gasteiger partial charge in [0.2, 0.25) is 0 Å². The summed E-state index contributed by atoms with van der Waals surface area (Å²) >= 11 is 0. The maximum Gasteiger partial charge on any atom is 0.0769 e. The maximum absolute atomic E-state index is 10.1. The Hall–Kier alpha value is -0.860. The number of fused-ring (bicyclic) bond motifs is 1. The topological polar surface area (TPSA) is 29.5 Å². The summed E-state index contributed by atoms with van der Waals surface area (Å²) in [5, 5.41) is 10.1. The summed E-state index contributed by atoms with van der Waals surface area (Å²) in [5.41, 5.74) is 2.99. The minimum absolute atomic E-state index is 0.0311. The Labute approximate surface area is 114 Å². The Bertz CT molecular complexity index is 449. The Morgan fingerprint density at radius 2 is 1.63 bits per heavy atom. The number of rotatable bonds is 0. The highest BCUT2D eigenvalue weighted by atomic mass is 16.5. The maximum atomic E-state index is 10.1. The van der Waals surface area contributed by atoms with Gasteiger partial charge >= 0.3 is 0 Å². The van der Waals surface area contributed by atoms with Crippen molar-refractivity contribution in [1.82, 2.24) is 0 Å². The van der Waals surface area contributed by atoms with Crippen LogP contribution in [0.2, 0.25) is 0 Å². The van der Waals surface area contributed by atoms with E-state index in [0.717, 1.165) is 32.3 Å². The molecule has 1 spiro atoms. The highest BCUT2D eigenvalue weighted by molar-refractivity contribution is 5.32. The molecule has 1 aromatic carbocycles. The van der Waals surface area contributed by atoms with Crippen LogP contribution in [0.3, 0.4) is 0 Å². The fourth-order valence-electron chi connectivity index (χ4n) is 4.74. The van der Waals surface area contributed by atoms with Crippen LogP contribution in [0.15, 0.2) is 24.3 Å². The standard InChI is InChI=1S/C17H22O2/c18-16-7-8-19-17(11-16)14-5-6-15(17)10-13-4-2-1-3-12(13)9-14/h1-4,14-16,18H,5-11H2. The fraction of sp³-hybridized carbons (Fsp3) is 0.647. The first-order chi connectivity index (χ1) is 9.28. The second-order valence-electron chi connectivity index (χ2n) is 6.60. The van der Waals surface area contributed by atoms with Gasteiger partial charge in [0, 0.05) is 13.0 Å². The molecule has 2 bridgehead atoms. The number of hydrogen-bond donors (Lipinski definition) is 1. The molecule has 0 radical (unpaired) electrons. The molecule has 3 aliphatic rings. The molecule has 102 valence electrons. The zero-order chi connectivity index (χ0) is 12.9. The SMILES string of the molecule is OC1CCOC2(C1)C1CCC2Cc2ccccc2C1. The van der Waals surface area contributed by atoms with Gasteiger partial charge in [0.1, 0.15) is 0 Å². The molecule has 2 nitrogen and oxygen atoms in total. The van der Waals surface area contributed by atoms with E-state index in [1.54, 1.807) is 0 Å². The molecule has 1 aromatic rings. The molecule has 1 heterocycles. The molecule has 2 aliphatic carbocycles. The van der Waals surface area contributed by atoms with Crippen molar-refractivity contribution in [2.45, 2.75) is 50.2 Å². The first-order valence-corrected chi connectivity index (χ1v) is 7.67. The summed E-state index contributed by atoms with van der Waals surface area (Å²) < 4.78 is 6.32. The van der Waals surface area contributed by atoms with E-state index >= 15 is 0 Å². The van der Waals surface area contributed by atoms with Crippen LogP contribution in [0.4, 0.5) is 0 Å². The normalized spacial score (nSPS) is 41.0. The third-order valence-corrected chi connectivity index (χ3v) is 5.67. The lowest BCUT2D eigenvalue weighted by Gasteiger charge is -2.44. The smallest absolute Gasteiger partial charge is 0.0769 e. The van der Waals surface area contributed by atoms with E-state index in [9.17, 15) is 5.11 Å². The Balaban J connectivity index is 1.73. The van der Waals surface area contributed by atoms with Crippen molar-refractivity contribution in [3.8, 4) is 0 Å². The van der Waals surface area contributed by atoms with Crippen LogP contribution in [0, 0.1) is 11.8 Å². The predicted octanol–water partition coefficient (Wildman–Crippen LogP) is 2.72. The van der Waals surface area contributed by atoms with E-state index in [1.807, 2.05) is 0 Å². The molecule has 4 rings (SSSR count). The van der Waals surface area contributed by atoms with Gasteiger partial charge in [-0.3, -0.25) is 0 Å². The van der Waals surface area contributed by atoms with Crippen LogP contribution < -0.4 is 0 Å². The Morgan fingerprint density at radius 3 is 2.21 bits per heavy atom. The van der Waals surface area contributed by atoms with Gasteiger partial charge in [-0.1, -0.05) is 24.3 Å². The lowest BCUT2D eigenvalue weighted by Crippen LogP contribution is -2.49. The summed E-state index contributed by atoms with van der Waals surface area (Å²) in [6, 6.07) is 8.87. The third-order valence-electron chi connectivity index (χ3n) is 5.67. The average molecular weight is 258 g/mol. The molecule has 19 heavy (non-hydrogen) atoms. The van der Waals surface area contributed by atoms with E-state index in [4.69, 9.17) is 4.74 Å². The van der Waals surface area contributed by atoms with Crippen LogP contribution in [0.5, 0.6) is 0 Å². The predicted molar refractivity (Wildman–Crippen MR) is 74.0 cm³/mol. The van der Waals surface area contributed by atoms with Crippen LogP contribution in [0.1, 0.15) is 36.8 Å². The third kappa shape index (κ3) is 1.77. The van der Waals surface area contributed by atoms with Gasteiger partial charge in [0.05, 0.1) is 11.7 Å². The molecule has 1 aliphatic heterocycles. The molecule has 1 saturated heterocycles. The monoisotopic (exact) mass is 258 g/mol. The highest BCUT2D eigenvalue weighted by Crippen LogP contribution is 2.53. The quantitative estimate of drug-likeness (QED) is 0.775. The van der Waals surface area contributed by atoms with Gasteiger partial charge in [0.25, 0.3) is 0 Å². The van der Waals surface area contributed by atoms with Crippen molar-refractivity contribution >= 4 is 0 Å². The van der Waals surface area contributed by atoms with Gasteiger partial charge in [-0.25, -0.2) is 0 Å². The molecule has 1 saturated carbocycles. The zero-order valence-electron chi connectivity index (χ0n) is 11.3. The van der Waals surface area contributed by atoms with Crippen LogP contribution in [-0.4, -0.2) is 23.4 Å². The van der Waals surface area contributed by atoms with Crippen molar-refractivity contribution in [1.29, 1.82) is 0 Å². The molecule has 2 fully saturated rings. The van der Waals surface area contributed by atoms with Crippen molar-refractivity contribution in [2.24, 2.45) is 11.8 Å². The number of benzene rings is 1. The van der Waals surface area contributed by atoms with Crippen molar-refractivity contribution in [2.75, 3.05) is 6.61 Å². The largest absolute Gasteiger partial charge is 0.393 e. The summed E-state index contributed by atoms with van der Waals surface area (Å²) in [7, 11) is 0. The minimum atomic E-state index is -0.155. The summed E-state index contributed by atoms with van der Waals surface area (Å²) in [6.45, 7) is 0.741. The Morgan fingerprint density at radius 1 is 1.00 bits per heavy atom. The fourth-order valence-corrected chi connectivity index (χ4v) is 4.74. The summed E-state index contributed by atoms with van der Waals surface area (Å²) in [6.07, 6.45) is 6.33. The number of aliphatic hydroxyl groups excluding tert-OH is 1. The first-order valence-electron chi connectivity index (χ1n) is 7.67. The molecule has 3 atom stereocenters. The van der Waals surface area contributed by atoms with Gasteiger partial charge in [-0.2, -0.15) is 0 Å². The van der Waals surface area contributed by atoms with Crippen LogP contribution in [-0.2, 0) is 17.6 Å². The summed E-state index contributed by atoms with van der Waals surface area (Å²) in [4.78, 5) is 0. The van der Waals surface area contributed by atoms with Crippen LogP contribution in [0.25, 0.3) is 0 Å². The van der Waals surface area contributed by atoms with Crippen molar-refractivity contribution in [3.63, 3.8) is 0 Å². The molecular formula is C17H22O2. The second-order valence-corrected chi connectivity index (χ2v) is 6.60. The van der Waals surface area contributed by atoms with Gasteiger partial charge in [-0.05, 0) is 55.1 Å². The van der Waals surface area contributed by atoms with E-state index < -0.39 is 0 Å². The van der Waals surface area contributed by atoms with E-state index in [-0.39, 0.29) is 11.7 Å². The molecule has 1 N–H and O–H groups in total. The number of aliphatic hydroxyl groups is 1. The lowest BCUT2D eigenvalue weighted by atomic mass is 9.76. The Kier molecular flexibility index (Phi) is 2.71. The first kappa shape index (κ1) is 11.9. The minimum Gasteiger partial charge on any atom is -0.393 e. The molecular weight excluding hydrogens is 236 g/mol. The van der Waals surface area contributed by atoms with E-state index in [2.05, 4.69) is 24.3 Å². The van der Waals surface area contributed by atoms with Gasteiger partial charge in [-0.15, -0.1) is 0 Å². The zero-order valence-corrected chi connectivity index (χ0v) is 11.3. The molecule has 0 aromatic heterocycles. The number of hydrogen-bond acceptors (Lipinski definition) is 2. The van der Waals surface area contributed by atoms with Crippen molar-refractivity contribution < 1.29 is 9.84 Å². The van der Waals surface area contributed by atoms with Crippen molar-refractivity contribution in [3.05, 3.63) is 35.4 Å². The van der Waals surface area contributed by atoms with Gasteiger partial charge in [0.15, 0.2) is 0 Å². The summed E-state index contributed by atoms with van der Waals surface area (Å²) in [5.74, 6) is 1.21. The lowest BCUT2D eigenvalue weighted by molar-refractivity contribution is -0.158. The number of ether oxygens (including phenoxy) is 1. The average Bonchev–Trinajstić information content (AvgIpc) is 2.62. The highest BCUT2D eigenvalue weighted by Gasteiger charge is 2.54. The van der Waals surface area contributed by atoms with Gasteiger partial charge < -0.3 is 9.84 Å². The van der Waals surface area contributed by atoms with E-state index in [1.165, 1.54) is 24.0 Å². The van der Waals surface area contributed by atoms with E-state index in [0.29, 0.717) is 11.8 Å². The molecule has 3 unspecified atom stereocenters. The molecule has 0 amide bonds. The molecule has 2 heteroatoms. The van der Waals surface area contributed by atoms with Crippen LogP contribution >= 0.6 is 0 Å².